The van der Waals surface area contributed by atoms with Crippen LogP contribution in [0.1, 0.15) is 21.6 Å². The number of methoxy groups -OCH3 is 1. The van der Waals surface area contributed by atoms with Gasteiger partial charge >= 0.3 is 0 Å². The lowest BCUT2D eigenvalue weighted by Crippen LogP contribution is -2.22. The molecule has 0 atom stereocenters. The maximum absolute atomic E-state index is 13.2. The first kappa shape index (κ1) is 17.4. The number of nitrogens with zero attached hydrogens (tertiary/aromatic N) is 3. The van der Waals surface area contributed by atoms with Crippen molar-refractivity contribution in [3.05, 3.63) is 47.3 Å². The van der Waals surface area contributed by atoms with Gasteiger partial charge in [0.05, 0.1) is 18.2 Å². The summed E-state index contributed by atoms with van der Waals surface area (Å²) in [6.07, 6.45) is 1.79. The molecule has 2 heterocycles. The molecular weight excluding hydrogens is 340 g/mol. The van der Waals surface area contributed by atoms with Crippen molar-refractivity contribution in [2.45, 2.75) is 6.92 Å². The Morgan fingerprint density at radius 2 is 1.96 bits per heavy atom. The highest BCUT2D eigenvalue weighted by molar-refractivity contribution is 6.27. The summed E-state index contributed by atoms with van der Waals surface area (Å²) in [5.74, 6) is 1.36. The number of aryl methyl sites for hydroxylation is 1. The fourth-order valence-corrected chi connectivity index (χ4v) is 3.48. The second kappa shape index (κ2) is 6.63. The molecule has 0 aliphatic heterocycles. The molecule has 3 aromatic rings. The highest BCUT2D eigenvalue weighted by Gasteiger charge is 2.32. The first-order valence-electron chi connectivity index (χ1n) is 8.91. The minimum atomic E-state index is 0.00284. The zero-order chi connectivity index (χ0) is 19.1. The molecule has 27 heavy (non-hydrogen) atoms. The molecule has 0 amide bonds. The number of carbonyl (C=O) groups is 1. The zero-order valence-electron chi connectivity index (χ0n) is 16.0. The predicted molar refractivity (Wildman–Crippen MR) is 107 cm³/mol. The van der Waals surface area contributed by atoms with Gasteiger partial charge in [0.2, 0.25) is 0 Å². The van der Waals surface area contributed by atoms with Crippen molar-refractivity contribution in [2.75, 3.05) is 39.6 Å². The van der Waals surface area contributed by atoms with E-state index in [1.165, 1.54) is 0 Å². The Bertz CT molecular complexity index is 1060. The Morgan fingerprint density at radius 1 is 1.15 bits per heavy atom. The number of benzene rings is 1. The lowest BCUT2D eigenvalue weighted by molar-refractivity contribution is 0.104. The van der Waals surface area contributed by atoms with E-state index in [4.69, 9.17) is 9.72 Å². The first-order valence-corrected chi connectivity index (χ1v) is 8.91. The molecule has 1 N–H and O–H groups in total. The molecule has 138 valence electrons. The average molecular weight is 362 g/mol. The van der Waals surface area contributed by atoms with Gasteiger partial charge in [-0.3, -0.25) is 9.78 Å². The molecule has 0 spiro atoms. The number of likely N-dealkylation sites (N-methyl/N-ethyl adjacent to an activating group) is 1. The Hall–Kier alpha value is -2.99. The quantitative estimate of drug-likeness (QED) is 0.588. The third-order valence-corrected chi connectivity index (χ3v) is 4.83. The minimum absolute atomic E-state index is 0.00284. The number of hydrogen-bond acceptors (Lipinski definition) is 6. The summed E-state index contributed by atoms with van der Waals surface area (Å²) < 4.78 is 5.35. The molecule has 6 heteroatoms. The van der Waals surface area contributed by atoms with Crippen molar-refractivity contribution in [3.8, 4) is 16.9 Å². The first-order chi connectivity index (χ1) is 13.0. The van der Waals surface area contributed by atoms with Gasteiger partial charge in [-0.2, -0.15) is 0 Å². The van der Waals surface area contributed by atoms with Gasteiger partial charge in [0, 0.05) is 53.1 Å². The molecule has 0 unspecified atom stereocenters. The molecule has 0 bridgehead atoms. The fourth-order valence-electron chi connectivity index (χ4n) is 3.48. The normalized spacial score (nSPS) is 12.4. The van der Waals surface area contributed by atoms with Crippen LogP contribution < -0.4 is 10.1 Å². The van der Waals surface area contributed by atoms with E-state index in [1.54, 1.807) is 13.3 Å². The van der Waals surface area contributed by atoms with E-state index in [0.717, 1.165) is 40.0 Å². The maximum Gasteiger partial charge on any atom is 0.198 e. The van der Waals surface area contributed by atoms with E-state index in [2.05, 4.69) is 15.2 Å². The molecule has 0 fully saturated rings. The van der Waals surface area contributed by atoms with Gasteiger partial charge in [-0.1, -0.05) is 0 Å². The third-order valence-electron chi connectivity index (χ3n) is 4.83. The second-order valence-electron chi connectivity index (χ2n) is 7.02. The molecule has 0 saturated heterocycles. The molecule has 2 aromatic heterocycles. The van der Waals surface area contributed by atoms with Crippen molar-refractivity contribution in [3.63, 3.8) is 0 Å². The topological polar surface area (TPSA) is 67.3 Å². The number of ether oxygens (including phenoxy) is 1. The Kier molecular flexibility index (Phi) is 4.28. The van der Waals surface area contributed by atoms with Crippen LogP contribution in [0.25, 0.3) is 22.0 Å². The third kappa shape index (κ3) is 2.92. The smallest absolute Gasteiger partial charge is 0.198 e. The predicted octanol–water partition coefficient (Wildman–Crippen LogP) is 3.13. The number of fused-ring (bicyclic) bond motifs is 5. The van der Waals surface area contributed by atoms with Gasteiger partial charge in [0.1, 0.15) is 11.6 Å². The molecule has 1 aliphatic rings. The molecule has 0 radical (unpaired) electrons. The molecule has 1 aliphatic carbocycles. The van der Waals surface area contributed by atoms with Crippen molar-refractivity contribution in [1.29, 1.82) is 0 Å². The van der Waals surface area contributed by atoms with E-state index >= 15 is 0 Å². The number of rotatable bonds is 5. The van der Waals surface area contributed by atoms with Gasteiger partial charge in [0.25, 0.3) is 0 Å². The van der Waals surface area contributed by atoms with E-state index in [1.807, 2.05) is 45.3 Å². The van der Waals surface area contributed by atoms with Crippen LogP contribution in [0.2, 0.25) is 0 Å². The summed E-state index contributed by atoms with van der Waals surface area (Å²) in [4.78, 5) is 24.4. The number of hydrogen-bond donors (Lipinski definition) is 1. The van der Waals surface area contributed by atoms with Crippen molar-refractivity contribution < 1.29 is 9.53 Å². The summed E-state index contributed by atoms with van der Waals surface area (Å²) in [5, 5.41) is 4.28. The number of carbonyl (C=O) groups excluding carboxylic acids is 1. The Balaban J connectivity index is 1.94. The highest BCUT2D eigenvalue weighted by atomic mass is 16.5. The average Bonchev–Trinajstić information content (AvgIpc) is 2.94. The maximum atomic E-state index is 13.2. The monoisotopic (exact) mass is 362 g/mol. The van der Waals surface area contributed by atoms with E-state index in [9.17, 15) is 4.79 Å². The summed E-state index contributed by atoms with van der Waals surface area (Å²) in [6.45, 7) is 3.44. The number of aromatic nitrogens is 2. The van der Waals surface area contributed by atoms with Crippen molar-refractivity contribution in [1.82, 2.24) is 14.9 Å². The molecule has 6 nitrogen and oxygen atoms in total. The van der Waals surface area contributed by atoms with Gasteiger partial charge in [-0.25, -0.2) is 4.98 Å². The van der Waals surface area contributed by atoms with Crippen LogP contribution in [-0.4, -0.2) is 54.9 Å². The number of nitrogens with one attached hydrogen (secondary N) is 1. The SMILES string of the molecule is COc1ccc2c3c(c(NCCN(C)C)nc2c1)C(=O)c1cc(C)ncc1-3. The lowest BCUT2D eigenvalue weighted by atomic mass is 10.0. The number of anilines is 1. The number of ketones is 1. The summed E-state index contributed by atoms with van der Waals surface area (Å²) >= 11 is 0. The molecule has 1 aromatic carbocycles. The Labute approximate surface area is 158 Å². The molecular formula is C21H22N4O2. The van der Waals surface area contributed by atoms with Crippen LogP contribution in [0.3, 0.4) is 0 Å². The minimum Gasteiger partial charge on any atom is -0.497 e. The summed E-state index contributed by atoms with van der Waals surface area (Å²) in [7, 11) is 5.66. The standard InChI is InChI=1S/C21H22N4O2/c1-12-9-15-16(11-23-12)18-14-6-5-13(27-4)10-17(14)24-21(19(18)20(15)26)22-7-8-25(2)3/h5-6,9-11H,7-8H2,1-4H3,(H,22,24). The van der Waals surface area contributed by atoms with E-state index in [0.29, 0.717) is 23.5 Å². The second-order valence-corrected chi connectivity index (χ2v) is 7.02. The van der Waals surface area contributed by atoms with Crippen LogP contribution in [0.15, 0.2) is 30.5 Å². The van der Waals surface area contributed by atoms with Gasteiger partial charge in [-0.05, 0) is 39.2 Å². The van der Waals surface area contributed by atoms with Gasteiger partial charge in [0.15, 0.2) is 5.78 Å². The highest BCUT2D eigenvalue weighted by Crippen LogP contribution is 2.44. The van der Waals surface area contributed by atoms with Crippen LogP contribution in [0.4, 0.5) is 5.82 Å². The van der Waals surface area contributed by atoms with E-state index < -0.39 is 0 Å². The summed E-state index contributed by atoms with van der Waals surface area (Å²) in [6, 6.07) is 7.62. The van der Waals surface area contributed by atoms with Crippen LogP contribution in [0.5, 0.6) is 5.75 Å². The van der Waals surface area contributed by atoms with Gasteiger partial charge < -0.3 is 15.0 Å². The van der Waals surface area contributed by atoms with Gasteiger partial charge in [-0.15, -0.1) is 0 Å². The zero-order valence-corrected chi connectivity index (χ0v) is 16.0. The van der Waals surface area contributed by atoms with Crippen molar-refractivity contribution >= 4 is 22.5 Å². The van der Waals surface area contributed by atoms with Crippen LogP contribution >= 0.6 is 0 Å². The largest absolute Gasteiger partial charge is 0.497 e. The fraction of sp³-hybridized carbons (Fsp3) is 0.286. The molecule has 4 rings (SSSR count). The van der Waals surface area contributed by atoms with Crippen LogP contribution in [-0.2, 0) is 0 Å². The number of pyridine rings is 2. The Morgan fingerprint density at radius 3 is 2.70 bits per heavy atom. The molecule has 0 saturated carbocycles. The van der Waals surface area contributed by atoms with Crippen molar-refractivity contribution in [2.24, 2.45) is 0 Å². The van der Waals surface area contributed by atoms with Crippen LogP contribution in [0, 0.1) is 6.92 Å². The summed E-state index contributed by atoms with van der Waals surface area (Å²) in [5.41, 5.74) is 4.72. The lowest BCUT2D eigenvalue weighted by Gasteiger charge is -2.15. The van der Waals surface area contributed by atoms with E-state index in [-0.39, 0.29) is 5.78 Å².